The third-order valence-electron chi connectivity index (χ3n) is 6.73. The van der Waals surface area contributed by atoms with Gasteiger partial charge in [0.2, 0.25) is 5.91 Å². The van der Waals surface area contributed by atoms with E-state index in [2.05, 4.69) is 30.1 Å². The number of H-pyrrole nitrogens is 1. The molecule has 2 aromatic heterocycles. The monoisotopic (exact) mass is 489 g/mol. The summed E-state index contributed by atoms with van der Waals surface area (Å²) < 4.78 is 6.01. The van der Waals surface area contributed by atoms with Crippen molar-refractivity contribution in [3.63, 3.8) is 0 Å². The number of carbonyl (C=O) groups is 1. The molecule has 1 aliphatic carbocycles. The average molecular weight is 490 g/mol. The van der Waals surface area contributed by atoms with E-state index in [-0.39, 0.29) is 17.9 Å². The first-order valence-electron chi connectivity index (χ1n) is 12.5. The summed E-state index contributed by atoms with van der Waals surface area (Å²) in [5.74, 6) is 1.41. The Labute approximate surface area is 209 Å². The van der Waals surface area contributed by atoms with Crippen LogP contribution < -0.4 is 10.3 Å². The Balaban J connectivity index is 1.32. The van der Waals surface area contributed by atoms with E-state index in [1.807, 2.05) is 25.2 Å². The van der Waals surface area contributed by atoms with Crippen molar-refractivity contribution < 1.29 is 9.53 Å². The maximum Gasteiger partial charge on any atom is 0.259 e. The molecule has 0 fully saturated rings. The Morgan fingerprint density at radius 1 is 1.17 bits per heavy atom. The molecule has 0 atom stereocenters. The Morgan fingerprint density at radius 2 is 2.00 bits per heavy atom. The van der Waals surface area contributed by atoms with Crippen molar-refractivity contribution in [2.24, 2.45) is 0 Å². The highest BCUT2D eigenvalue weighted by molar-refractivity contribution is 7.18. The molecule has 5 rings (SSSR count). The Hall–Kier alpha value is -3.19. The first-order chi connectivity index (χ1) is 17.0. The van der Waals surface area contributed by atoms with Gasteiger partial charge in [-0.1, -0.05) is 37.3 Å². The smallest absolute Gasteiger partial charge is 0.259 e. The molecule has 1 N–H and O–H groups in total. The van der Waals surface area contributed by atoms with Gasteiger partial charge in [0.05, 0.1) is 12.0 Å². The summed E-state index contributed by atoms with van der Waals surface area (Å²) in [5, 5.41) is 2.98. The zero-order valence-corrected chi connectivity index (χ0v) is 21.2. The number of aromatic nitrogens is 2. The van der Waals surface area contributed by atoms with Gasteiger partial charge in [0.15, 0.2) is 0 Å². The highest BCUT2D eigenvalue weighted by Crippen LogP contribution is 2.33. The van der Waals surface area contributed by atoms with Crippen LogP contribution in [0, 0.1) is 0 Å². The Kier molecular flexibility index (Phi) is 6.86. The molecule has 2 aromatic carbocycles. The van der Waals surface area contributed by atoms with Crippen molar-refractivity contribution in [1.29, 1.82) is 0 Å². The number of thiophene rings is 1. The minimum atomic E-state index is -0.0707. The van der Waals surface area contributed by atoms with Crippen LogP contribution in [0.5, 0.6) is 5.75 Å². The minimum absolute atomic E-state index is 0.00703. The number of aromatic amines is 1. The topological polar surface area (TPSA) is 75.3 Å². The summed E-state index contributed by atoms with van der Waals surface area (Å²) in [6.45, 7) is 3.17. The summed E-state index contributed by atoms with van der Waals surface area (Å²) in [4.78, 5) is 37.4. The van der Waals surface area contributed by atoms with E-state index in [0.717, 1.165) is 58.0 Å². The number of benzene rings is 2. The van der Waals surface area contributed by atoms with Crippen LogP contribution in [0.4, 0.5) is 0 Å². The number of rotatable bonds is 8. The lowest BCUT2D eigenvalue weighted by Gasteiger charge is -2.21. The Morgan fingerprint density at radius 3 is 2.86 bits per heavy atom. The molecule has 35 heavy (non-hydrogen) atoms. The number of ether oxygens (including phenoxy) is 1. The van der Waals surface area contributed by atoms with E-state index < -0.39 is 0 Å². The van der Waals surface area contributed by atoms with Gasteiger partial charge in [-0.2, -0.15) is 0 Å². The number of hydrogen-bond acceptors (Lipinski definition) is 5. The molecule has 0 unspecified atom stereocenters. The molecule has 7 heteroatoms. The third kappa shape index (κ3) is 4.82. The zero-order valence-electron chi connectivity index (χ0n) is 20.4. The molecule has 0 aliphatic heterocycles. The summed E-state index contributed by atoms with van der Waals surface area (Å²) in [6.07, 6.45) is 5.91. The maximum atomic E-state index is 13.1. The lowest BCUT2D eigenvalue weighted by molar-refractivity contribution is -0.130. The molecule has 1 amide bonds. The standard InChI is InChI=1S/C28H31N3O3S/c1-3-16-34-22-13-12-18-8-4-5-9-19(18)21(22)17-31(2)25(32)15-14-24-29-27(33)26-20-10-6-7-11-23(20)35-28(26)30-24/h4-5,8-9,12-13H,3,6-7,10-11,14-17H2,1-2H3,(H,29,30,33). The van der Waals surface area contributed by atoms with E-state index in [9.17, 15) is 9.59 Å². The number of carbonyl (C=O) groups excluding carboxylic acids is 1. The van der Waals surface area contributed by atoms with Gasteiger partial charge in [-0.25, -0.2) is 4.98 Å². The average Bonchev–Trinajstić information content (AvgIpc) is 3.25. The molecule has 0 saturated heterocycles. The van der Waals surface area contributed by atoms with Gasteiger partial charge >= 0.3 is 0 Å². The van der Waals surface area contributed by atoms with Gasteiger partial charge in [-0.3, -0.25) is 9.59 Å². The normalized spacial score (nSPS) is 13.2. The molecule has 6 nitrogen and oxygen atoms in total. The fraction of sp³-hybridized carbons (Fsp3) is 0.393. The second kappa shape index (κ2) is 10.2. The molecule has 4 aromatic rings. The van der Waals surface area contributed by atoms with Crippen molar-refractivity contribution >= 4 is 38.2 Å². The van der Waals surface area contributed by atoms with E-state index in [1.165, 1.54) is 16.9 Å². The van der Waals surface area contributed by atoms with Crippen LogP contribution in [0.3, 0.4) is 0 Å². The molecule has 0 spiro atoms. The number of amides is 1. The van der Waals surface area contributed by atoms with Crippen LogP contribution in [0.15, 0.2) is 41.2 Å². The molecule has 0 bridgehead atoms. The highest BCUT2D eigenvalue weighted by atomic mass is 32.1. The zero-order chi connectivity index (χ0) is 24.4. The highest BCUT2D eigenvalue weighted by Gasteiger charge is 2.20. The summed E-state index contributed by atoms with van der Waals surface area (Å²) in [6, 6.07) is 12.2. The second-order valence-corrected chi connectivity index (χ2v) is 10.3. The molecular weight excluding hydrogens is 458 g/mol. The minimum Gasteiger partial charge on any atom is -0.493 e. The van der Waals surface area contributed by atoms with E-state index in [1.54, 1.807) is 16.2 Å². The summed E-state index contributed by atoms with van der Waals surface area (Å²) in [7, 11) is 1.82. The van der Waals surface area contributed by atoms with Crippen LogP contribution in [0.25, 0.3) is 21.0 Å². The first kappa shape index (κ1) is 23.5. The predicted octanol–water partition coefficient (Wildman–Crippen LogP) is 5.40. The van der Waals surface area contributed by atoms with Crippen molar-refractivity contribution in [1.82, 2.24) is 14.9 Å². The van der Waals surface area contributed by atoms with E-state index >= 15 is 0 Å². The van der Waals surface area contributed by atoms with Gasteiger partial charge < -0.3 is 14.6 Å². The number of fused-ring (bicyclic) bond motifs is 4. The Bertz CT molecular complexity index is 1440. The second-order valence-electron chi connectivity index (χ2n) is 9.27. The quantitative estimate of drug-likeness (QED) is 0.360. The first-order valence-corrected chi connectivity index (χ1v) is 13.3. The molecule has 182 valence electrons. The van der Waals surface area contributed by atoms with Crippen LogP contribution in [0.2, 0.25) is 0 Å². The largest absolute Gasteiger partial charge is 0.493 e. The van der Waals surface area contributed by atoms with Crippen LogP contribution >= 0.6 is 11.3 Å². The van der Waals surface area contributed by atoms with Gasteiger partial charge in [0, 0.05) is 36.9 Å². The fourth-order valence-electron chi connectivity index (χ4n) is 4.89. The molecule has 0 radical (unpaired) electrons. The summed E-state index contributed by atoms with van der Waals surface area (Å²) >= 11 is 1.64. The van der Waals surface area contributed by atoms with Gasteiger partial charge in [0.25, 0.3) is 5.56 Å². The molecule has 2 heterocycles. The lowest BCUT2D eigenvalue weighted by Crippen LogP contribution is -2.27. The number of nitrogens with zero attached hydrogens (tertiary/aromatic N) is 2. The SMILES string of the molecule is CCCOc1ccc2ccccc2c1CN(C)C(=O)CCc1nc2sc3c(c2c(=O)[nH]1)CCCC3. The van der Waals surface area contributed by atoms with E-state index in [0.29, 0.717) is 25.4 Å². The van der Waals surface area contributed by atoms with E-state index in [4.69, 9.17) is 9.72 Å². The van der Waals surface area contributed by atoms with Gasteiger partial charge in [0.1, 0.15) is 16.4 Å². The predicted molar refractivity (Wildman–Crippen MR) is 141 cm³/mol. The molecular formula is C28H31N3O3S. The molecule has 1 aliphatic rings. The fourth-order valence-corrected chi connectivity index (χ4v) is 6.18. The number of aryl methyl sites for hydroxylation is 3. The van der Waals surface area contributed by atoms with Crippen LogP contribution in [0.1, 0.15) is 54.4 Å². The maximum absolute atomic E-state index is 13.1. The van der Waals surface area contributed by atoms with Gasteiger partial charge in [-0.05, 0) is 54.5 Å². The van der Waals surface area contributed by atoms with Crippen LogP contribution in [-0.4, -0.2) is 34.4 Å². The van der Waals surface area contributed by atoms with Gasteiger partial charge in [-0.15, -0.1) is 11.3 Å². The van der Waals surface area contributed by atoms with Crippen molar-refractivity contribution in [3.05, 3.63) is 68.6 Å². The lowest BCUT2D eigenvalue weighted by atomic mass is 9.97. The summed E-state index contributed by atoms with van der Waals surface area (Å²) in [5.41, 5.74) is 2.13. The van der Waals surface area contributed by atoms with Crippen molar-refractivity contribution in [2.45, 2.75) is 58.4 Å². The van der Waals surface area contributed by atoms with Crippen molar-refractivity contribution in [2.75, 3.05) is 13.7 Å². The third-order valence-corrected chi connectivity index (χ3v) is 7.92. The number of nitrogens with one attached hydrogen (secondary N) is 1. The number of hydrogen-bond donors (Lipinski definition) is 1. The van der Waals surface area contributed by atoms with Crippen molar-refractivity contribution in [3.8, 4) is 5.75 Å². The molecule has 0 saturated carbocycles. The van der Waals surface area contributed by atoms with Crippen LogP contribution in [-0.2, 0) is 30.6 Å².